The fourth-order valence-corrected chi connectivity index (χ4v) is 3.83. The number of aliphatic hydroxyl groups excluding tert-OH is 1. The predicted octanol–water partition coefficient (Wildman–Crippen LogP) is 3.03. The third-order valence-corrected chi connectivity index (χ3v) is 5.74. The lowest BCUT2D eigenvalue weighted by Gasteiger charge is -2.42. The van der Waals surface area contributed by atoms with E-state index in [0.717, 1.165) is 0 Å². The largest absolute Gasteiger partial charge is 0.459 e. The van der Waals surface area contributed by atoms with Crippen LogP contribution in [-0.2, 0) is 23.7 Å². The summed E-state index contributed by atoms with van der Waals surface area (Å²) in [6.07, 6.45) is -6.60. The molecule has 3 aromatic carbocycles. The van der Waals surface area contributed by atoms with Gasteiger partial charge in [0.15, 0.2) is 18.5 Å². The van der Waals surface area contributed by atoms with Crippen molar-refractivity contribution in [2.75, 3.05) is 13.7 Å². The van der Waals surface area contributed by atoms with E-state index >= 15 is 0 Å². The number of rotatable bonds is 8. The second-order valence-electron chi connectivity index (χ2n) is 8.21. The van der Waals surface area contributed by atoms with Crippen LogP contribution in [0.1, 0.15) is 31.1 Å². The molecule has 1 N–H and O–H groups in total. The van der Waals surface area contributed by atoms with Crippen molar-refractivity contribution in [2.45, 2.75) is 30.7 Å². The molecule has 37 heavy (non-hydrogen) atoms. The molecule has 1 aliphatic heterocycles. The molecule has 0 radical (unpaired) electrons. The molecule has 0 bridgehead atoms. The van der Waals surface area contributed by atoms with E-state index in [1.165, 1.54) is 7.11 Å². The number of hydrogen-bond donors (Lipinski definition) is 1. The monoisotopic (exact) mass is 506 g/mol. The van der Waals surface area contributed by atoms with Crippen molar-refractivity contribution >= 4 is 17.9 Å². The van der Waals surface area contributed by atoms with Gasteiger partial charge < -0.3 is 28.8 Å². The molecule has 1 aliphatic rings. The Labute approximate surface area is 213 Å². The normalized spacial score (nSPS) is 23.0. The highest BCUT2D eigenvalue weighted by Crippen LogP contribution is 2.28. The average Bonchev–Trinajstić information content (AvgIpc) is 2.95. The Morgan fingerprint density at radius 2 is 1.14 bits per heavy atom. The van der Waals surface area contributed by atoms with Crippen LogP contribution in [0.4, 0.5) is 0 Å². The van der Waals surface area contributed by atoms with Crippen molar-refractivity contribution in [3.05, 3.63) is 108 Å². The maximum Gasteiger partial charge on any atom is 0.338 e. The third-order valence-electron chi connectivity index (χ3n) is 5.74. The zero-order valence-electron chi connectivity index (χ0n) is 20.0. The minimum atomic E-state index is -1.52. The van der Waals surface area contributed by atoms with Gasteiger partial charge in [0.25, 0.3) is 0 Å². The molecule has 1 fully saturated rings. The Morgan fingerprint density at radius 3 is 1.59 bits per heavy atom. The molecule has 4 rings (SSSR count). The standard InChI is InChI=1S/C28H26O9/c1-33-28-24(37-27(32)20-15-9-4-10-16-20)23(36-26(31)19-13-7-3-8-14-19)22(29)21(35-28)17-34-25(30)18-11-5-2-6-12-18/h2-16,21-24,28-29H,17H2,1H3/t21-,22-,23-,24-,28-/m0/s1. The first kappa shape index (κ1) is 26.0. The number of ether oxygens (including phenoxy) is 5. The fourth-order valence-electron chi connectivity index (χ4n) is 3.83. The highest BCUT2D eigenvalue weighted by molar-refractivity contribution is 5.90. The number of methoxy groups -OCH3 is 1. The molecular weight excluding hydrogens is 480 g/mol. The molecule has 1 heterocycles. The highest BCUT2D eigenvalue weighted by atomic mass is 16.7. The summed E-state index contributed by atoms with van der Waals surface area (Å²) in [6, 6.07) is 24.7. The lowest BCUT2D eigenvalue weighted by atomic mass is 9.98. The van der Waals surface area contributed by atoms with Gasteiger partial charge in [-0.15, -0.1) is 0 Å². The Kier molecular flexibility index (Phi) is 8.63. The number of carbonyl (C=O) groups excluding carboxylic acids is 3. The van der Waals surface area contributed by atoms with Crippen LogP contribution in [0.2, 0.25) is 0 Å². The number of esters is 3. The van der Waals surface area contributed by atoms with Gasteiger partial charge in [0.1, 0.15) is 18.8 Å². The Balaban J connectivity index is 1.55. The number of benzene rings is 3. The number of aliphatic hydroxyl groups is 1. The van der Waals surface area contributed by atoms with Gasteiger partial charge >= 0.3 is 17.9 Å². The van der Waals surface area contributed by atoms with Crippen LogP contribution in [0.3, 0.4) is 0 Å². The summed E-state index contributed by atoms with van der Waals surface area (Å²) in [5, 5.41) is 11.1. The first-order valence-electron chi connectivity index (χ1n) is 11.6. The van der Waals surface area contributed by atoms with Gasteiger partial charge in [-0.3, -0.25) is 0 Å². The Morgan fingerprint density at radius 1 is 0.703 bits per heavy atom. The fraction of sp³-hybridized carbons (Fsp3) is 0.250. The first-order valence-corrected chi connectivity index (χ1v) is 11.6. The second kappa shape index (κ2) is 12.3. The maximum atomic E-state index is 12.9. The molecule has 5 atom stereocenters. The van der Waals surface area contributed by atoms with Crippen molar-refractivity contribution in [3.63, 3.8) is 0 Å². The quantitative estimate of drug-likeness (QED) is 0.363. The van der Waals surface area contributed by atoms with Gasteiger partial charge in [-0.1, -0.05) is 54.6 Å². The smallest absolute Gasteiger partial charge is 0.338 e. The Bertz CT molecular complexity index is 1180. The second-order valence-corrected chi connectivity index (χ2v) is 8.21. The molecule has 3 aromatic rings. The van der Waals surface area contributed by atoms with Crippen molar-refractivity contribution in [3.8, 4) is 0 Å². The minimum absolute atomic E-state index is 0.232. The van der Waals surface area contributed by atoms with Crippen LogP contribution in [0, 0.1) is 0 Å². The molecule has 9 nitrogen and oxygen atoms in total. The predicted molar refractivity (Wildman–Crippen MR) is 130 cm³/mol. The average molecular weight is 507 g/mol. The van der Waals surface area contributed by atoms with Gasteiger partial charge in [0.05, 0.1) is 16.7 Å². The van der Waals surface area contributed by atoms with E-state index in [0.29, 0.717) is 5.56 Å². The Hall–Kier alpha value is -4.05. The van der Waals surface area contributed by atoms with E-state index in [-0.39, 0.29) is 17.7 Å². The molecule has 0 unspecified atom stereocenters. The van der Waals surface area contributed by atoms with E-state index in [4.69, 9.17) is 23.7 Å². The van der Waals surface area contributed by atoms with Gasteiger partial charge in [-0.2, -0.15) is 0 Å². The minimum Gasteiger partial charge on any atom is -0.459 e. The van der Waals surface area contributed by atoms with E-state index in [1.807, 2.05) is 0 Å². The van der Waals surface area contributed by atoms with Crippen LogP contribution in [0.25, 0.3) is 0 Å². The van der Waals surface area contributed by atoms with Gasteiger partial charge in [-0.05, 0) is 36.4 Å². The van der Waals surface area contributed by atoms with Crippen LogP contribution < -0.4 is 0 Å². The third kappa shape index (κ3) is 6.39. The lowest BCUT2D eigenvalue weighted by Crippen LogP contribution is -2.61. The van der Waals surface area contributed by atoms with Crippen LogP contribution in [0.5, 0.6) is 0 Å². The molecule has 0 aromatic heterocycles. The summed E-state index contributed by atoms with van der Waals surface area (Å²) >= 11 is 0. The molecule has 192 valence electrons. The molecular formula is C28H26O9. The molecule has 0 spiro atoms. The summed E-state index contributed by atoms with van der Waals surface area (Å²) in [5.41, 5.74) is 0.798. The summed E-state index contributed by atoms with van der Waals surface area (Å²) in [4.78, 5) is 38.1. The van der Waals surface area contributed by atoms with Crippen molar-refractivity contribution in [2.24, 2.45) is 0 Å². The molecule has 0 amide bonds. The zero-order valence-corrected chi connectivity index (χ0v) is 20.0. The van der Waals surface area contributed by atoms with E-state index < -0.39 is 48.6 Å². The number of carbonyl (C=O) groups is 3. The molecule has 0 saturated carbocycles. The van der Waals surface area contributed by atoms with Crippen LogP contribution in [-0.4, -0.2) is 67.4 Å². The van der Waals surface area contributed by atoms with Crippen molar-refractivity contribution in [1.29, 1.82) is 0 Å². The number of hydrogen-bond acceptors (Lipinski definition) is 9. The van der Waals surface area contributed by atoms with Gasteiger partial charge in [0, 0.05) is 7.11 Å². The van der Waals surface area contributed by atoms with Crippen LogP contribution >= 0.6 is 0 Å². The lowest BCUT2D eigenvalue weighted by molar-refractivity contribution is -0.292. The SMILES string of the molecule is CO[C@H]1O[C@@H](COC(=O)c2ccccc2)[C@H](O)[C@H](OC(=O)c2ccccc2)[C@@H]1OC(=O)c1ccccc1. The summed E-state index contributed by atoms with van der Waals surface area (Å²) in [7, 11) is 1.31. The topological polar surface area (TPSA) is 118 Å². The molecule has 1 saturated heterocycles. The summed E-state index contributed by atoms with van der Waals surface area (Å²) < 4.78 is 27.7. The molecule has 9 heteroatoms. The molecule has 0 aliphatic carbocycles. The maximum absolute atomic E-state index is 12.9. The van der Waals surface area contributed by atoms with Gasteiger partial charge in [-0.25, -0.2) is 14.4 Å². The van der Waals surface area contributed by atoms with Crippen LogP contribution in [0.15, 0.2) is 91.0 Å². The van der Waals surface area contributed by atoms with Crippen molar-refractivity contribution < 1.29 is 43.2 Å². The summed E-state index contributed by atoms with van der Waals surface area (Å²) in [6.45, 7) is -0.368. The van der Waals surface area contributed by atoms with E-state index in [9.17, 15) is 19.5 Å². The zero-order chi connectivity index (χ0) is 26.2. The highest BCUT2D eigenvalue weighted by Gasteiger charge is 2.50. The first-order chi connectivity index (χ1) is 18.0. The summed E-state index contributed by atoms with van der Waals surface area (Å²) in [5.74, 6) is -2.10. The van der Waals surface area contributed by atoms with Gasteiger partial charge in [0.2, 0.25) is 0 Å². The van der Waals surface area contributed by atoms with Crippen molar-refractivity contribution in [1.82, 2.24) is 0 Å². The van der Waals surface area contributed by atoms with E-state index in [2.05, 4.69) is 0 Å². The van der Waals surface area contributed by atoms with E-state index in [1.54, 1.807) is 91.0 Å².